The largest absolute Gasteiger partial charge is 0.492 e. The fraction of sp³-hybridized carbons (Fsp3) is 0.423. The zero-order chi connectivity index (χ0) is 24.5. The summed E-state index contributed by atoms with van der Waals surface area (Å²) in [7, 11) is 0. The van der Waals surface area contributed by atoms with Crippen LogP contribution in [0.3, 0.4) is 0 Å². The first-order valence-corrected chi connectivity index (χ1v) is 12.3. The Kier molecular flexibility index (Phi) is 9.51. The summed E-state index contributed by atoms with van der Waals surface area (Å²) in [6.07, 6.45) is 1.29. The average Bonchev–Trinajstić information content (AvgIpc) is 2.82. The van der Waals surface area contributed by atoms with Crippen molar-refractivity contribution >= 4 is 33.7 Å². The van der Waals surface area contributed by atoms with Crippen LogP contribution >= 0.6 is 15.9 Å². The van der Waals surface area contributed by atoms with Crippen molar-refractivity contribution in [2.45, 2.75) is 39.2 Å². The first-order chi connectivity index (χ1) is 16.3. The molecule has 1 N–H and O–H groups in total. The first kappa shape index (κ1) is 25.7. The van der Waals surface area contributed by atoms with Crippen molar-refractivity contribution in [3.63, 3.8) is 0 Å². The Morgan fingerprint density at radius 3 is 2.68 bits per heavy atom. The van der Waals surface area contributed by atoms with Crippen molar-refractivity contribution < 1.29 is 23.9 Å². The third kappa shape index (κ3) is 7.32. The fourth-order valence-corrected chi connectivity index (χ4v) is 4.05. The Balaban J connectivity index is 1.64. The van der Waals surface area contributed by atoms with Crippen molar-refractivity contribution in [2.24, 2.45) is 5.92 Å². The molecule has 1 aliphatic rings. The summed E-state index contributed by atoms with van der Waals surface area (Å²) in [5, 5.41) is 2.75. The summed E-state index contributed by atoms with van der Waals surface area (Å²) >= 11 is 3.41. The molecule has 0 spiro atoms. The number of hydrogen-bond acceptors (Lipinski definition) is 5. The maximum Gasteiger partial charge on any atom is 0.308 e. The monoisotopic (exact) mass is 530 g/mol. The molecule has 182 valence electrons. The van der Waals surface area contributed by atoms with Crippen molar-refractivity contribution in [3.05, 3.63) is 64.1 Å². The van der Waals surface area contributed by atoms with Crippen molar-refractivity contribution in [1.82, 2.24) is 10.2 Å². The van der Waals surface area contributed by atoms with Gasteiger partial charge in [-0.15, -0.1) is 0 Å². The Morgan fingerprint density at radius 1 is 1.18 bits per heavy atom. The Bertz CT molecular complexity index is 996. The van der Waals surface area contributed by atoms with E-state index in [9.17, 15) is 14.4 Å². The van der Waals surface area contributed by atoms with Gasteiger partial charge in [0, 0.05) is 17.6 Å². The summed E-state index contributed by atoms with van der Waals surface area (Å²) in [6, 6.07) is 14.2. The summed E-state index contributed by atoms with van der Waals surface area (Å²) in [5.74, 6) is -0.470. The second kappa shape index (κ2) is 12.6. The summed E-state index contributed by atoms with van der Waals surface area (Å²) in [6.45, 7) is 5.39. The van der Waals surface area contributed by atoms with E-state index in [2.05, 4.69) is 21.2 Å². The lowest BCUT2D eigenvalue weighted by atomic mass is 10.1. The molecule has 1 heterocycles. The zero-order valence-electron chi connectivity index (χ0n) is 19.6. The van der Waals surface area contributed by atoms with Crippen LogP contribution in [0.25, 0.3) is 0 Å². The molecule has 1 fully saturated rings. The van der Waals surface area contributed by atoms with Crippen molar-refractivity contribution in [1.29, 1.82) is 0 Å². The van der Waals surface area contributed by atoms with E-state index in [1.54, 1.807) is 18.2 Å². The molecule has 1 atom stereocenters. The highest BCUT2D eigenvalue weighted by atomic mass is 79.9. The number of halogens is 1. The van der Waals surface area contributed by atoms with Crippen LogP contribution in [0.1, 0.15) is 42.6 Å². The number of carbonyl (C=O) groups is 3. The Morgan fingerprint density at radius 2 is 1.94 bits per heavy atom. The number of ether oxygens (including phenoxy) is 2. The number of rotatable bonds is 10. The molecule has 2 amide bonds. The molecule has 2 aromatic carbocycles. The number of carbonyl (C=O) groups excluding carboxylic acids is 3. The molecule has 3 rings (SSSR count). The van der Waals surface area contributed by atoms with Crippen LogP contribution in [-0.2, 0) is 20.7 Å². The van der Waals surface area contributed by atoms with Crippen LogP contribution in [0.4, 0.5) is 0 Å². The predicted molar refractivity (Wildman–Crippen MR) is 133 cm³/mol. The van der Waals surface area contributed by atoms with Crippen molar-refractivity contribution in [3.8, 4) is 5.75 Å². The minimum Gasteiger partial charge on any atom is -0.492 e. The van der Waals surface area contributed by atoms with E-state index in [4.69, 9.17) is 9.47 Å². The lowest BCUT2D eigenvalue weighted by Crippen LogP contribution is -2.57. The number of esters is 1. The fourth-order valence-electron chi connectivity index (χ4n) is 3.69. The smallest absolute Gasteiger partial charge is 0.308 e. The van der Waals surface area contributed by atoms with E-state index in [-0.39, 0.29) is 30.8 Å². The van der Waals surface area contributed by atoms with Gasteiger partial charge < -0.3 is 19.7 Å². The Hall–Kier alpha value is -2.87. The van der Waals surface area contributed by atoms with Gasteiger partial charge in [0.2, 0.25) is 5.91 Å². The lowest BCUT2D eigenvalue weighted by Gasteiger charge is -2.35. The molecule has 7 nitrogen and oxygen atoms in total. The normalized spacial score (nSPS) is 15.7. The number of benzene rings is 2. The average molecular weight is 531 g/mol. The van der Waals surface area contributed by atoms with Gasteiger partial charge in [0.25, 0.3) is 5.91 Å². The quantitative estimate of drug-likeness (QED) is 0.370. The van der Waals surface area contributed by atoms with E-state index < -0.39 is 12.0 Å². The van der Waals surface area contributed by atoms with E-state index >= 15 is 0 Å². The minimum absolute atomic E-state index is 0.195. The molecule has 1 saturated heterocycles. The van der Waals surface area contributed by atoms with Crippen LogP contribution in [0.2, 0.25) is 0 Å². The summed E-state index contributed by atoms with van der Waals surface area (Å²) in [5.41, 5.74) is 1.53. The SMILES string of the molecule is CC(C)COc1ccc(Br)cc1C(=O)N1CCNC(=O)C1CC(=O)OCCCc1ccccc1. The van der Waals surface area contributed by atoms with Crippen LogP contribution in [-0.4, -0.2) is 55.0 Å². The highest BCUT2D eigenvalue weighted by Gasteiger charge is 2.36. The molecule has 0 bridgehead atoms. The van der Waals surface area contributed by atoms with Gasteiger partial charge in [0.1, 0.15) is 11.8 Å². The summed E-state index contributed by atoms with van der Waals surface area (Å²) < 4.78 is 11.9. The highest BCUT2D eigenvalue weighted by Crippen LogP contribution is 2.27. The van der Waals surface area contributed by atoms with Gasteiger partial charge in [-0.3, -0.25) is 14.4 Å². The molecule has 0 radical (unpaired) electrons. The summed E-state index contributed by atoms with van der Waals surface area (Å²) in [4.78, 5) is 40.0. The molecule has 0 aromatic heterocycles. The molecule has 34 heavy (non-hydrogen) atoms. The lowest BCUT2D eigenvalue weighted by molar-refractivity contribution is -0.147. The predicted octanol–water partition coefficient (Wildman–Crippen LogP) is 3.99. The van der Waals surface area contributed by atoms with Gasteiger partial charge in [-0.25, -0.2) is 0 Å². The Labute approximate surface area is 208 Å². The second-order valence-electron chi connectivity index (χ2n) is 8.66. The van der Waals surface area contributed by atoms with Gasteiger partial charge in [-0.1, -0.05) is 60.1 Å². The van der Waals surface area contributed by atoms with Crippen LogP contribution in [0.5, 0.6) is 5.75 Å². The topological polar surface area (TPSA) is 84.9 Å². The highest BCUT2D eigenvalue weighted by molar-refractivity contribution is 9.10. The molecule has 1 aliphatic heterocycles. The van der Waals surface area contributed by atoms with Gasteiger partial charge in [0.05, 0.1) is 25.2 Å². The van der Waals surface area contributed by atoms with E-state index in [1.165, 1.54) is 10.5 Å². The maximum absolute atomic E-state index is 13.5. The van der Waals surface area contributed by atoms with Gasteiger partial charge >= 0.3 is 5.97 Å². The number of nitrogens with zero attached hydrogens (tertiary/aromatic N) is 1. The van der Waals surface area contributed by atoms with Gasteiger partial charge in [-0.2, -0.15) is 0 Å². The second-order valence-corrected chi connectivity index (χ2v) is 9.58. The van der Waals surface area contributed by atoms with Crippen molar-refractivity contribution in [2.75, 3.05) is 26.3 Å². The zero-order valence-corrected chi connectivity index (χ0v) is 21.2. The molecule has 2 aromatic rings. The number of aryl methyl sites for hydroxylation is 1. The van der Waals surface area contributed by atoms with Crippen LogP contribution in [0, 0.1) is 5.92 Å². The van der Waals surface area contributed by atoms with Gasteiger partial charge in [0.15, 0.2) is 0 Å². The molecule has 1 unspecified atom stereocenters. The molecular weight excluding hydrogens is 500 g/mol. The minimum atomic E-state index is -0.931. The molecule has 0 saturated carbocycles. The van der Waals surface area contributed by atoms with Gasteiger partial charge in [-0.05, 0) is 42.5 Å². The molecule has 0 aliphatic carbocycles. The molecule has 8 heteroatoms. The van der Waals surface area contributed by atoms with Crippen LogP contribution in [0.15, 0.2) is 53.0 Å². The maximum atomic E-state index is 13.5. The van der Waals surface area contributed by atoms with Crippen LogP contribution < -0.4 is 10.1 Å². The third-order valence-electron chi connectivity index (χ3n) is 5.41. The molecular formula is C26H31BrN2O5. The first-order valence-electron chi connectivity index (χ1n) is 11.6. The third-order valence-corrected chi connectivity index (χ3v) is 5.90. The standard InChI is InChI=1S/C26H31BrN2O5/c1-18(2)17-34-23-11-10-20(27)15-21(23)26(32)29-13-12-28-25(31)22(29)16-24(30)33-14-6-9-19-7-4-3-5-8-19/h3-5,7-8,10-11,15,18,22H,6,9,12-14,16-17H2,1-2H3,(H,28,31). The number of nitrogens with one attached hydrogen (secondary N) is 1. The number of hydrogen-bond donors (Lipinski definition) is 1. The van der Waals surface area contributed by atoms with E-state index in [0.717, 1.165) is 10.9 Å². The number of amides is 2. The number of piperazine rings is 1. The van der Waals surface area contributed by atoms with E-state index in [0.29, 0.717) is 37.4 Å². The van der Waals surface area contributed by atoms with E-state index in [1.807, 2.05) is 44.2 Å².